The average Bonchev–Trinajstić information content (AvgIpc) is 2.69. The van der Waals surface area contributed by atoms with Crippen LogP contribution < -0.4 is 15.2 Å². The van der Waals surface area contributed by atoms with Crippen LogP contribution in [0.5, 0.6) is 11.5 Å². The molecule has 0 atom stereocenters. The van der Waals surface area contributed by atoms with Crippen LogP contribution in [0.4, 0.5) is 21.0 Å². The fraction of sp³-hybridized carbons (Fsp3) is 0.300. The monoisotopic (exact) mass is 488 g/mol. The first kappa shape index (κ1) is 26.8. The van der Waals surface area contributed by atoms with Crippen LogP contribution in [-0.2, 0) is 9.47 Å². The van der Waals surface area contributed by atoms with Crippen molar-refractivity contribution in [1.82, 2.24) is 0 Å². The van der Waals surface area contributed by atoms with Crippen LogP contribution in [0.25, 0.3) is 0 Å². The summed E-state index contributed by atoms with van der Waals surface area (Å²) in [6.07, 6.45) is -1.66. The van der Waals surface area contributed by atoms with Crippen molar-refractivity contribution in [2.75, 3.05) is 18.9 Å². The Kier molecular flexibility index (Phi) is 10.5. The van der Waals surface area contributed by atoms with E-state index in [1.165, 1.54) is 12.1 Å². The first-order chi connectivity index (χ1) is 15.0. The molecular weight excluding hydrogens is 467 g/mol. The highest BCUT2D eigenvalue weighted by atomic mass is 35.5. The second-order valence-corrected chi connectivity index (χ2v) is 6.85. The molecule has 2 rings (SSSR count). The van der Waals surface area contributed by atoms with Crippen molar-refractivity contribution in [3.8, 4) is 11.5 Å². The minimum absolute atomic E-state index is 0.0105. The van der Waals surface area contributed by atoms with Gasteiger partial charge in [0.05, 0.1) is 34.9 Å². The van der Waals surface area contributed by atoms with E-state index >= 15 is 0 Å². The molecule has 0 aliphatic rings. The Morgan fingerprint density at radius 1 is 0.906 bits per heavy atom. The number of rotatable bonds is 5. The number of hydrogen-bond acceptors (Lipinski definition) is 9. The van der Waals surface area contributed by atoms with E-state index in [-0.39, 0.29) is 29.7 Å². The molecule has 0 spiro atoms. The number of halogens is 2. The van der Waals surface area contributed by atoms with Gasteiger partial charge in [-0.3, -0.25) is 10.1 Å². The van der Waals surface area contributed by atoms with Crippen molar-refractivity contribution < 1.29 is 33.5 Å². The third kappa shape index (κ3) is 8.12. The number of nitrogens with zero attached hydrogens (tertiary/aromatic N) is 1. The Balaban J connectivity index is 0.000000323. The number of nitrogen functional groups attached to an aromatic ring is 1. The van der Waals surface area contributed by atoms with Crippen LogP contribution in [0.3, 0.4) is 0 Å². The van der Waals surface area contributed by atoms with Gasteiger partial charge in [0.15, 0.2) is 0 Å². The number of carbonyl (C=O) groups excluding carboxylic acids is 2. The maximum absolute atomic E-state index is 11.1. The summed E-state index contributed by atoms with van der Waals surface area (Å²) in [6.45, 7) is 7.13. The summed E-state index contributed by atoms with van der Waals surface area (Å²) in [7, 11) is 0. The summed E-state index contributed by atoms with van der Waals surface area (Å²) in [5, 5.41) is 11.1. The lowest BCUT2D eigenvalue weighted by Gasteiger charge is -2.08. The molecule has 2 N–H and O–H groups in total. The number of hydrogen-bond donors (Lipinski definition) is 1. The van der Waals surface area contributed by atoms with Crippen molar-refractivity contribution in [2.45, 2.75) is 27.7 Å². The average molecular weight is 489 g/mol. The molecule has 0 saturated carbocycles. The van der Waals surface area contributed by atoms with Crippen molar-refractivity contribution in [1.29, 1.82) is 0 Å². The molecule has 12 heteroatoms. The van der Waals surface area contributed by atoms with Crippen LogP contribution in [0, 0.1) is 24.0 Å². The van der Waals surface area contributed by atoms with E-state index in [2.05, 4.69) is 9.47 Å². The Hall–Kier alpha value is -3.24. The van der Waals surface area contributed by atoms with Gasteiger partial charge >= 0.3 is 12.3 Å². The molecule has 0 aliphatic carbocycles. The third-order valence-corrected chi connectivity index (χ3v) is 4.28. The van der Waals surface area contributed by atoms with Crippen LogP contribution in [0.1, 0.15) is 25.0 Å². The van der Waals surface area contributed by atoms with Gasteiger partial charge in [-0.25, -0.2) is 9.59 Å². The van der Waals surface area contributed by atoms with Gasteiger partial charge in [-0.2, -0.15) is 0 Å². The van der Waals surface area contributed by atoms with Gasteiger partial charge in [-0.1, -0.05) is 23.2 Å². The van der Waals surface area contributed by atoms with E-state index in [1.54, 1.807) is 33.8 Å². The van der Waals surface area contributed by atoms with Crippen molar-refractivity contribution in [3.05, 3.63) is 55.6 Å². The number of nitro benzene ring substituents is 1. The molecule has 0 unspecified atom stereocenters. The second kappa shape index (κ2) is 12.6. The molecule has 0 fully saturated rings. The van der Waals surface area contributed by atoms with Gasteiger partial charge in [0, 0.05) is 6.07 Å². The standard InChI is InChI=1S/C10H10ClNO5.C10H12ClNO3/c1-3-16-10(13)17-9-5-8(12(14)15)7(11)4-6(9)2;1-3-14-10(13)15-9-5-8(12)7(11)4-6(9)2/h4-5H,3H2,1-2H3;4-5H,3,12H2,1-2H3. The SMILES string of the molecule is CCOC(=O)Oc1cc(N)c(Cl)cc1C.CCOC(=O)Oc1cc([N+](=O)[O-])c(Cl)cc1C. The number of ether oxygens (including phenoxy) is 4. The number of nitro groups is 1. The number of anilines is 1. The van der Waals surface area contributed by atoms with E-state index in [1.807, 2.05) is 0 Å². The number of nitrogens with two attached hydrogens (primary N) is 1. The molecule has 0 radical (unpaired) electrons. The lowest BCUT2D eigenvalue weighted by molar-refractivity contribution is -0.384. The molecule has 0 bridgehead atoms. The molecule has 0 aliphatic heterocycles. The summed E-state index contributed by atoms with van der Waals surface area (Å²) in [5.41, 5.74) is 6.85. The molecule has 32 heavy (non-hydrogen) atoms. The van der Waals surface area contributed by atoms with Gasteiger partial charge in [0.1, 0.15) is 16.5 Å². The Morgan fingerprint density at radius 3 is 1.78 bits per heavy atom. The van der Waals surface area contributed by atoms with Crippen LogP contribution in [-0.4, -0.2) is 30.4 Å². The first-order valence-electron chi connectivity index (χ1n) is 9.19. The summed E-state index contributed by atoms with van der Waals surface area (Å²) >= 11 is 11.5. The third-order valence-electron chi connectivity index (χ3n) is 3.65. The van der Waals surface area contributed by atoms with E-state index in [4.69, 9.17) is 38.4 Å². The number of benzene rings is 2. The van der Waals surface area contributed by atoms with E-state index < -0.39 is 17.2 Å². The molecule has 2 aromatic rings. The largest absolute Gasteiger partial charge is 0.513 e. The highest BCUT2D eigenvalue weighted by Gasteiger charge is 2.18. The number of carbonyl (C=O) groups is 2. The van der Waals surface area contributed by atoms with Gasteiger partial charge in [0.25, 0.3) is 5.69 Å². The second-order valence-electron chi connectivity index (χ2n) is 6.04. The fourth-order valence-electron chi connectivity index (χ4n) is 2.14. The minimum atomic E-state index is -0.910. The molecule has 0 aromatic heterocycles. The predicted octanol–water partition coefficient (Wildman–Crippen LogP) is 5.86. The topological polar surface area (TPSA) is 140 Å². The van der Waals surface area contributed by atoms with Crippen LogP contribution in [0.15, 0.2) is 24.3 Å². The summed E-state index contributed by atoms with van der Waals surface area (Å²) in [6, 6.07) is 5.57. The zero-order valence-electron chi connectivity index (χ0n) is 17.8. The highest BCUT2D eigenvalue weighted by Crippen LogP contribution is 2.32. The van der Waals surface area contributed by atoms with Gasteiger partial charge in [-0.15, -0.1) is 0 Å². The molecular formula is C20H22Cl2N2O8. The minimum Gasteiger partial charge on any atom is -0.434 e. The number of aryl methyl sites for hydroxylation is 2. The van der Waals surface area contributed by atoms with Gasteiger partial charge in [0.2, 0.25) is 0 Å². The Labute approximate surface area is 194 Å². The Bertz CT molecular complexity index is 998. The van der Waals surface area contributed by atoms with Crippen LogP contribution >= 0.6 is 23.2 Å². The van der Waals surface area contributed by atoms with Crippen molar-refractivity contribution >= 4 is 46.9 Å². The highest BCUT2D eigenvalue weighted by molar-refractivity contribution is 6.33. The van der Waals surface area contributed by atoms with Crippen molar-refractivity contribution in [2.24, 2.45) is 0 Å². The summed E-state index contributed by atoms with van der Waals surface area (Å²) in [5.74, 6) is 0.412. The van der Waals surface area contributed by atoms with E-state index in [9.17, 15) is 19.7 Å². The lowest BCUT2D eigenvalue weighted by Crippen LogP contribution is -2.11. The fourth-order valence-corrected chi connectivity index (χ4v) is 2.65. The molecule has 10 nitrogen and oxygen atoms in total. The maximum Gasteiger partial charge on any atom is 0.513 e. The van der Waals surface area contributed by atoms with Gasteiger partial charge in [-0.05, 0) is 51.0 Å². The van der Waals surface area contributed by atoms with Crippen LogP contribution in [0.2, 0.25) is 10.0 Å². The van der Waals surface area contributed by atoms with Crippen molar-refractivity contribution in [3.63, 3.8) is 0 Å². The summed E-state index contributed by atoms with van der Waals surface area (Å²) in [4.78, 5) is 32.1. The molecule has 174 valence electrons. The molecule has 2 aromatic carbocycles. The normalized spacial score (nSPS) is 9.81. The Morgan fingerprint density at radius 2 is 1.34 bits per heavy atom. The smallest absolute Gasteiger partial charge is 0.434 e. The zero-order valence-corrected chi connectivity index (χ0v) is 19.3. The molecule has 0 heterocycles. The van der Waals surface area contributed by atoms with Gasteiger partial charge < -0.3 is 24.7 Å². The first-order valence-corrected chi connectivity index (χ1v) is 9.95. The molecule has 0 saturated heterocycles. The zero-order chi connectivity index (χ0) is 24.4. The lowest BCUT2D eigenvalue weighted by atomic mass is 10.2. The molecule has 0 amide bonds. The summed E-state index contributed by atoms with van der Waals surface area (Å²) < 4.78 is 18.9. The quantitative estimate of drug-likeness (QED) is 0.180. The van der Waals surface area contributed by atoms with E-state index in [0.29, 0.717) is 22.0 Å². The maximum atomic E-state index is 11.1. The predicted molar refractivity (Wildman–Crippen MR) is 119 cm³/mol. The van der Waals surface area contributed by atoms with E-state index in [0.717, 1.165) is 11.6 Å².